The van der Waals surface area contributed by atoms with Crippen LogP contribution >= 0.6 is 0 Å². The maximum Gasteiger partial charge on any atom is 0.263 e. The van der Waals surface area contributed by atoms with Crippen molar-refractivity contribution in [3.05, 3.63) is 64.8 Å². The molecule has 1 N–H and O–H groups in total. The van der Waals surface area contributed by atoms with Crippen molar-refractivity contribution in [2.45, 2.75) is 62.8 Å². The number of nitrogens with zero attached hydrogens (tertiary/aromatic N) is 1. The third-order valence-corrected chi connectivity index (χ3v) is 7.25. The highest BCUT2D eigenvalue weighted by Gasteiger charge is 2.34. The minimum atomic E-state index is -0.479. The third kappa shape index (κ3) is 4.30. The summed E-state index contributed by atoms with van der Waals surface area (Å²) in [7, 11) is 0. The normalized spacial score (nSPS) is 26.1. The first-order valence-corrected chi connectivity index (χ1v) is 12.2. The van der Waals surface area contributed by atoms with Crippen molar-refractivity contribution in [2.24, 2.45) is 0 Å². The summed E-state index contributed by atoms with van der Waals surface area (Å²) in [6.45, 7) is 1.29. The summed E-state index contributed by atoms with van der Waals surface area (Å²) in [5, 5.41) is 4.85. The van der Waals surface area contributed by atoms with Crippen LogP contribution in [-0.4, -0.2) is 42.1 Å². The number of nitrogens with one attached hydrogen (secondary N) is 1. The van der Waals surface area contributed by atoms with E-state index in [0.29, 0.717) is 35.6 Å². The lowest BCUT2D eigenvalue weighted by molar-refractivity contribution is 0.0680. The van der Waals surface area contributed by atoms with Crippen LogP contribution in [0, 0.1) is 5.82 Å². The van der Waals surface area contributed by atoms with Gasteiger partial charge in [-0.05, 0) is 80.3 Å². The van der Waals surface area contributed by atoms with Crippen molar-refractivity contribution < 1.29 is 18.6 Å². The van der Waals surface area contributed by atoms with Crippen LogP contribution in [0.4, 0.5) is 4.39 Å². The van der Waals surface area contributed by atoms with Crippen molar-refractivity contribution in [1.29, 1.82) is 0 Å². The Morgan fingerprint density at radius 3 is 2.62 bits per heavy atom. The van der Waals surface area contributed by atoms with Gasteiger partial charge in [0.15, 0.2) is 5.82 Å². The van der Waals surface area contributed by atoms with Gasteiger partial charge in [0.25, 0.3) is 5.56 Å². The molecule has 34 heavy (non-hydrogen) atoms. The molecule has 7 heteroatoms. The average molecular weight is 465 g/mol. The van der Waals surface area contributed by atoms with Crippen LogP contribution in [0.15, 0.2) is 53.5 Å². The number of hydrogen-bond donors (Lipinski definition) is 1. The number of hydrogen-bond acceptors (Lipinski definition) is 5. The van der Waals surface area contributed by atoms with Gasteiger partial charge in [-0.15, -0.1) is 0 Å². The summed E-state index contributed by atoms with van der Waals surface area (Å²) in [6, 6.07) is 12.9. The maximum atomic E-state index is 15.1. The van der Waals surface area contributed by atoms with Crippen molar-refractivity contribution in [3.63, 3.8) is 0 Å². The van der Waals surface area contributed by atoms with Gasteiger partial charge in [-0.2, -0.15) is 0 Å². The predicted octanol–water partition coefficient (Wildman–Crippen LogP) is 4.35. The summed E-state index contributed by atoms with van der Waals surface area (Å²) in [4.78, 5) is 13.1. The van der Waals surface area contributed by atoms with E-state index in [9.17, 15) is 4.79 Å². The van der Waals surface area contributed by atoms with Crippen molar-refractivity contribution in [2.75, 3.05) is 13.2 Å². The van der Waals surface area contributed by atoms with Crippen LogP contribution in [0.5, 0.6) is 11.5 Å². The standard InChI is InChI=1S/C27H29FN2O4/c28-25-15-21(34-23-13-18-3-4-19(14-23)29-18)6-8-26(25)30-10-9-17-12-20(5-7-24(17)27(30)31)33-16-22-2-1-11-32-22/h5-10,12,15,18-19,22-23,29H,1-4,11,13-14,16H2/t18-,19+,22-,23?/m0/s1. The van der Waals surface area contributed by atoms with E-state index in [-0.39, 0.29) is 23.5 Å². The van der Waals surface area contributed by atoms with Crippen LogP contribution in [-0.2, 0) is 4.74 Å². The van der Waals surface area contributed by atoms with E-state index in [0.717, 1.165) is 37.7 Å². The zero-order valence-corrected chi connectivity index (χ0v) is 19.0. The second-order valence-corrected chi connectivity index (χ2v) is 9.65. The van der Waals surface area contributed by atoms with Gasteiger partial charge in [0.2, 0.25) is 0 Å². The lowest BCUT2D eigenvalue weighted by atomic mass is 10.0. The first-order chi connectivity index (χ1) is 16.6. The van der Waals surface area contributed by atoms with Gasteiger partial charge < -0.3 is 19.5 Å². The summed E-state index contributed by atoms with van der Waals surface area (Å²) in [5.74, 6) is 0.723. The Bertz CT molecular complexity index is 1240. The van der Waals surface area contributed by atoms with Crippen molar-refractivity contribution in [1.82, 2.24) is 9.88 Å². The first kappa shape index (κ1) is 21.6. The summed E-state index contributed by atoms with van der Waals surface area (Å²) in [5.41, 5.74) is -0.0611. The second kappa shape index (κ2) is 9.04. The van der Waals surface area contributed by atoms with E-state index in [4.69, 9.17) is 14.2 Å². The highest BCUT2D eigenvalue weighted by molar-refractivity contribution is 5.83. The Morgan fingerprint density at radius 1 is 1.03 bits per heavy atom. The number of fused-ring (bicyclic) bond motifs is 3. The van der Waals surface area contributed by atoms with Gasteiger partial charge in [0, 0.05) is 36.3 Å². The fourth-order valence-electron chi connectivity index (χ4n) is 5.52. The van der Waals surface area contributed by atoms with Crippen molar-refractivity contribution >= 4 is 10.8 Å². The molecule has 3 saturated heterocycles. The molecule has 0 radical (unpaired) electrons. The molecule has 1 aromatic heterocycles. The molecule has 3 fully saturated rings. The van der Waals surface area contributed by atoms with E-state index < -0.39 is 5.82 Å². The van der Waals surface area contributed by atoms with Gasteiger partial charge in [0.05, 0.1) is 11.8 Å². The zero-order chi connectivity index (χ0) is 23.1. The van der Waals surface area contributed by atoms with Crippen LogP contribution in [0.25, 0.3) is 16.5 Å². The van der Waals surface area contributed by atoms with Crippen LogP contribution < -0.4 is 20.3 Å². The highest BCUT2D eigenvalue weighted by Crippen LogP contribution is 2.30. The molecule has 2 bridgehead atoms. The number of rotatable bonds is 6. The van der Waals surface area contributed by atoms with Gasteiger partial charge in [-0.25, -0.2) is 4.39 Å². The number of benzene rings is 2. The Hall–Kier alpha value is -2.90. The zero-order valence-electron chi connectivity index (χ0n) is 19.0. The minimum absolute atomic E-state index is 0.101. The third-order valence-electron chi connectivity index (χ3n) is 7.25. The molecule has 0 spiro atoms. The molecule has 0 amide bonds. The maximum absolute atomic E-state index is 15.1. The smallest absolute Gasteiger partial charge is 0.263 e. The molecule has 6 nitrogen and oxygen atoms in total. The largest absolute Gasteiger partial charge is 0.491 e. The molecule has 2 aromatic carbocycles. The van der Waals surface area contributed by atoms with E-state index in [2.05, 4.69) is 5.32 Å². The molecular weight excluding hydrogens is 435 g/mol. The molecule has 1 unspecified atom stereocenters. The lowest BCUT2D eigenvalue weighted by Crippen LogP contribution is -2.42. The van der Waals surface area contributed by atoms with E-state index in [1.807, 2.05) is 12.1 Å². The summed E-state index contributed by atoms with van der Waals surface area (Å²) in [6.07, 6.45) is 8.18. The fraction of sp³-hybridized carbons (Fsp3) is 0.444. The molecule has 3 aliphatic rings. The number of piperidine rings is 1. The van der Waals surface area contributed by atoms with E-state index in [1.165, 1.54) is 23.5 Å². The monoisotopic (exact) mass is 464 g/mol. The SMILES string of the molecule is O=c1c2ccc(OC[C@@H]3CCCO3)cc2ccn1-c1ccc(OC2C[C@H]3CC[C@@H](C2)N3)cc1F. The Morgan fingerprint density at radius 2 is 1.85 bits per heavy atom. The Balaban J connectivity index is 1.20. The van der Waals surface area contributed by atoms with Crippen LogP contribution in [0.1, 0.15) is 38.5 Å². The molecule has 6 rings (SSSR count). The van der Waals surface area contributed by atoms with Crippen LogP contribution in [0.2, 0.25) is 0 Å². The predicted molar refractivity (Wildman–Crippen MR) is 128 cm³/mol. The van der Waals surface area contributed by atoms with Gasteiger partial charge in [-0.1, -0.05) is 0 Å². The lowest BCUT2D eigenvalue weighted by Gasteiger charge is -2.29. The number of aromatic nitrogens is 1. The number of halogens is 1. The summed E-state index contributed by atoms with van der Waals surface area (Å²) >= 11 is 0. The molecule has 178 valence electrons. The minimum Gasteiger partial charge on any atom is -0.491 e. The molecular formula is C27H29FN2O4. The quantitative estimate of drug-likeness (QED) is 0.588. The Labute approximate surface area is 197 Å². The second-order valence-electron chi connectivity index (χ2n) is 9.65. The number of pyridine rings is 1. The fourth-order valence-corrected chi connectivity index (χ4v) is 5.52. The number of ether oxygens (including phenoxy) is 3. The summed E-state index contributed by atoms with van der Waals surface area (Å²) < 4.78 is 33.9. The molecule has 0 aliphatic carbocycles. The Kier molecular flexibility index (Phi) is 5.75. The van der Waals surface area contributed by atoms with Gasteiger partial charge in [0.1, 0.15) is 24.2 Å². The van der Waals surface area contributed by atoms with Crippen molar-refractivity contribution in [3.8, 4) is 17.2 Å². The molecule has 0 saturated carbocycles. The molecule has 4 heterocycles. The first-order valence-electron chi connectivity index (χ1n) is 12.2. The van der Waals surface area contributed by atoms with E-state index >= 15 is 4.39 Å². The molecule has 3 aromatic rings. The molecule has 4 atom stereocenters. The van der Waals surface area contributed by atoms with Gasteiger partial charge in [-0.3, -0.25) is 9.36 Å². The van der Waals surface area contributed by atoms with Gasteiger partial charge >= 0.3 is 0 Å². The molecule has 3 aliphatic heterocycles. The highest BCUT2D eigenvalue weighted by atomic mass is 19.1. The average Bonchev–Trinajstić information content (AvgIpc) is 3.48. The topological polar surface area (TPSA) is 61.7 Å². The van der Waals surface area contributed by atoms with Crippen LogP contribution in [0.3, 0.4) is 0 Å². The van der Waals surface area contributed by atoms with E-state index in [1.54, 1.807) is 30.5 Å².